The standard InChI is InChI=1S/C36H30O2/c1-3-29-30(4-2)33(35(37)27-21-13-7-14-22-27)32(26-19-11-6-12-20-26)34(31(29)25-17-9-5-10-18-25)36(38)28-23-15-8-16-24-28/h5-24H,3-4H2,1-2H3. The smallest absolute Gasteiger partial charge is 0.194 e. The van der Waals surface area contributed by atoms with Crippen LogP contribution < -0.4 is 0 Å². The molecule has 0 amide bonds. The molecule has 0 aliphatic carbocycles. The third-order valence-electron chi connectivity index (χ3n) is 7.08. The Morgan fingerprint density at radius 3 is 1.24 bits per heavy atom. The van der Waals surface area contributed by atoms with E-state index in [-0.39, 0.29) is 11.6 Å². The quantitative estimate of drug-likeness (QED) is 0.202. The van der Waals surface area contributed by atoms with Gasteiger partial charge in [0.05, 0.1) is 0 Å². The lowest BCUT2D eigenvalue weighted by Gasteiger charge is -2.26. The van der Waals surface area contributed by atoms with Crippen LogP contribution in [-0.2, 0) is 12.8 Å². The van der Waals surface area contributed by atoms with Crippen LogP contribution in [0.25, 0.3) is 22.3 Å². The molecule has 0 fully saturated rings. The summed E-state index contributed by atoms with van der Waals surface area (Å²) in [7, 11) is 0. The van der Waals surface area contributed by atoms with E-state index in [0.29, 0.717) is 40.7 Å². The number of carbonyl (C=O) groups is 2. The first-order valence-corrected chi connectivity index (χ1v) is 13.2. The molecule has 2 heteroatoms. The summed E-state index contributed by atoms with van der Waals surface area (Å²) >= 11 is 0. The fraction of sp³-hybridized carbons (Fsp3) is 0.111. The van der Waals surface area contributed by atoms with E-state index in [1.807, 2.05) is 109 Å². The van der Waals surface area contributed by atoms with Gasteiger partial charge in [0.2, 0.25) is 0 Å². The molecule has 0 aliphatic heterocycles. The predicted octanol–water partition coefficient (Wildman–Crippen LogP) is 8.61. The Hall–Kier alpha value is -4.56. The summed E-state index contributed by atoms with van der Waals surface area (Å²) in [5.41, 5.74) is 7.96. The van der Waals surface area contributed by atoms with E-state index in [2.05, 4.69) is 26.0 Å². The molecule has 38 heavy (non-hydrogen) atoms. The van der Waals surface area contributed by atoms with E-state index in [1.54, 1.807) is 0 Å². The number of rotatable bonds is 8. The highest BCUT2D eigenvalue weighted by Gasteiger charge is 2.31. The second-order valence-electron chi connectivity index (χ2n) is 9.29. The molecule has 186 valence electrons. The lowest BCUT2D eigenvalue weighted by atomic mass is 9.76. The van der Waals surface area contributed by atoms with Crippen LogP contribution in [0.2, 0.25) is 0 Å². The summed E-state index contributed by atoms with van der Waals surface area (Å²) in [6.07, 6.45) is 1.38. The molecule has 0 N–H and O–H groups in total. The van der Waals surface area contributed by atoms with Crippen molar-refractivity contribution in [1.82, 2.24) is 0 Å². The first-order valence-electron chi connectivity index (χ1n) is 13.2. The number of benzene rings is 5. The van der Waals surface area contributed by atoms with Crippen molar-refractivity contribution in [1.29, 1.82) is 0 Å². The molecule has 0 bridgehead atoms. The lowest BCUT2D eigenvalue weighted by Crippen LogP contribution is -2.17. The minimum Gasteiger partial charge on any atom is -0.289 e. The Balaban J connectivity index is 2.00. The van der Waals surface area contributed by atoms with Crippen LogP contribution >= 0.6 is 0 Å². The Bertz CT molecular complexity index is 1570. The van der Waals surface area contributed by atoms with E-state index in [9.17, 15) is 9.59 Å². The first kappa shape index (κ1) is 25.1. The second-order valence-corrected chi connectivity index (χ2v) is 9.29. The zero-order valence-corrected chi connectivity index (χ0v) is 21.8. The van der Waals surface area contributed by atoms with E-state index in [4.69, 9.17) is 0 Å². The van der Waals surface area contributed by atoms with Crippen molar-refractivity contribution in [3.05, 3.63) is 155 Å². The molecule has 2 nitrogen and oxygen atoms in total. The predicted molar refractivity (Wildman–Crippen MR) is 156 cm³/mol. The number of carbonyl (C=O) groups excluding carboxylic acids is 2. The molecule has 0 aromatic heterocycles. The van der Waals surface area contributed by atoms with Gasteiger partial charge in [-0.05, 0) is 40.7 Å². The van der Waals surface area contributed by atoms with Gasteiger partial charge in [-0.3, -0.25) is 9.59 Å². The van der Waals surface area contributed by atoms with Gasteiger partial charge in [-0.25, -0.2) is 0 Å². The van der Waals surface area contributed by atoms with Gasteiger partial charge in [0.1, 0.15) is 0 Å². The summed E-state index contributed by atoms with van der Waals surface area (Å²) < 4.78 is 0. The number of hydrogen-bond donors (Lipinski definition) is 0. The van der Waals surface area contributed by atoms with Gasteiger partial charge in [-0.1, -0.05) is 135 Å². The zero-order valence-electron chi connectivity index (χ0n) is 21.8. The van der Waals surface area contributed by atoms with Crippen LogP contribution in [0.3, 0.4) is 0 Å². The highest BCUT2D eigenvalue weighted by Crippen LogP contribution is 2.43. The Labute approximate surface area is 224 Å². The molecule has 0 atom stereocenters. The van der Waals surface area contributed by atoms with Crippen LogP contribution in [0.4, 0.5) is 0 Å². The van der Waals surface area contributed by atoms with Gasteiger partial charge in [0, 0.05) is 27.8 Å². The molecule has 5 aromatic carbocycles. The average Bonchev–Trinajstić information content (AvgIpc) is 3.00. The van der Waals surface area contributed by atoms with Crippen LogP contribution in [0, 0.1) is 0 Å². The monoisotopic (exact) mass is 494 g/mol. The SMILES string of the molecule is CCc1c(CC)c(-c2ccccc2)c(C(=O)c2ccccc2)c(-c2ccccc2)c1C(=O)c1ccccc1. The summed E-state index contributed by atoms with van der Waals surface area (Å²) in [6, 6.07) is 38.8. The molecule has 0 saturated carbocycles. The van der Waals surface area contributed by atoms with Crippen LogP contribution in [0.1, 0.15) is 56.8 Å². The fourth-order valence-electron chi connectivity index (χ4n) is 5.40. The zero-order chi connectivity index (χ0) is 26.5. The van der Waals surface area contributed by atoms with Crippen molar-refractivity contribution in [3.63, 3.8) is 0 Å². The van der Waals surface area contributed by atoms with Crippen molar-refractivity contribution in [2.24, 2.45) is 0 Å². The minimum atomic E-state index is -0.0808. The van der Waals surface area contributed by atoms with Gasteiger partial charge in [0.25, 0.3) is 0 Å². The van der Waals surface area contributed by atoms with E-state index in [1.165, 1.54) is 0 Å². The summed E-state index contributed by atoms with van der Waals surface area (Å²) in [5, 5.41) is 0. The van der Waals surface area contributed by atoms with Crippen molar-refractivity contribution in [2.75, 3.05) is 0 Å². The Morgan fingerprint density at radius 2 is 0.816 bits per heavy atom. The third-order valence-corrected chi connectivity index (χ3v) is 7.08. The van der Waals surface area contributed by atoms with Crippen LogP contribution in [-0.4, -0.2) is 11.6 Å². The van der Waals surface area contributed by atoms with Crippen molar-refractivity contribution < 1.29 is 9.59 Å². The summed E-state index contributed by atoms with van der Waals surface area (Å²) in [5.74, 6) is -0.138. The summed E-state index contributed by atoms with van der Waals surface area (Å²) in [4.78, 5) is 28.8. The molecule has 0 radical (unpaired) electrons. The Morgan fingerprint density at radius 1 is 0.447 bits per heavy atom. The minimum absolute atomic E-state index is 0.0577. The molecule has 0 aliphatic rings. The molecule has 0 saturated heterocycles. The first-order chi connectivity index (χ1) is 18.7. The van der Waals surface area contributed by atoms with Crippen LogP contribution in [0.5, 0.6) is 0 Å². The molecule has 0 heterocycles. The molecule has 0 spiro atoms. The third kappa shape index (κ3) is 4.62. The van der Waals surface area contributed by atoms with Crippen LogP contribution in [0.15, 0.2) is 121 Å². The largest absolute Gasteiger partial charge is 0.289 e. The Kier molecular flexibility index (Phi) is 7.42. The number of hydrogen-bond acceptors (Lipinski definition) is 2. The van der Waals surface area contributed by atoms with Crippen molar-refractivity contribution in [2.45, 2.75) is 26.7 Å². The van der Waals surface area contributed by atoms with Gasteiger partial charge < -0.3 is 0 Å². The fourth-order valence-corrected chi connectivity index (χ4v) is 5.40. The molecular weight excluding hydrogens is 464 g/mol. The normalized spacial score (nSPS) is 10.8. The highest BCUT2D eigenvalue weighted by molar-refractivity contribution is 6.23. The second kappa shape index (κ2) is 11.2. The van der Waals surface area contributed by atoms with E-state index < -0.39 is 0 Å². The van der Waals surface area contributed by atoms with Gasteiger partial charge in [-0.2, -0.15) is 0 Å². The average molecular weight is 495 g/mol. The summed E-state index contributed by atoms with van der Waals surface area (Å²) in [6.45, 7) is 4.20. The van der Waals surface area contributed by atoms with E-state index in [0.717, 1.165) is 27.8 Å². The molecular formula is C36H30O2. The van der Waals surface area contributed by atoms with Gasteiger partial charge in [-0.15, -0.1) is 0 Å². The maximum atomic E-state index is 14.5. The lowest BCUT2D eigenvalue weighted by molar-refractivity contribution is 0.103. The number of ketones is 2. The van der Waals surface area contributed by atoms with Gasteiger partial charge in [0.15, 0.2) is 11.6 Å². The van der Waals surface area contributed by atoms with Crippen molar-refractivity contribution in [3.8, 4) is 22.3 Å². The maximum absolute atomic E-state index is 14.5. The molecule has 5 rings (SSSR count). The molecule has 0 unspecified atom stereocenters. The topological polar surface area (TPSA) is 34.1 Å². The van der Waals surface area contributed by atoms with Crippen molar-refractivity contribution >= 4 is 11.6 Å². The maximum Gasteiger partial charge on any atom is 0.194 e. The van der Waals surface area contributed by atoms with E-state index >= 15 is 0 Å². The molecule has 5 aromatic rings. The highest BCUT2D eigenvalue weighted by atomic mass is 16.1. The van der Waals surface area contributed by atoms with Gasteiger partial charge >= 0.3 is 0 Å².